The van der Waals surface area contributed by atoms with Gasteiger partial charge in [0.05, 0.1) is 10.2 Å². The lowest BCUT2D eigenvalue weighted by Gasteiger charge is -2.22. The van der Waals surface area contributed by atoms with Crippen molar-refractivity contribution < 1.29 is 0 Å². The monoisotopic (exact) mass is 264 g/mol. The summed E-state index contributed by atoms with van der Waals surface area (Å²) >= 11 is 1.68. The molecule has 0 aliphatic rings. The van der Waals surface area contributed by atoms with Crippen molar-refractivity contribution in [2.24, 2.45) is 11.7 Å². The van der Waals surface area contributed by atoms with Gasteiger partial charge in [0, 0.05) is 19.6 Å². The normalized spacial score (nSPS) is 13.2. The second-order valence-electron chi connectivity index (χ2n) is 4.95. The smallest absolute Gasteiger partial charge is 0.149 e. The van der Waals surface area contributed by atoms with Crippen LogP contribution >= 0.6 is 11.3 Å². The number of thiophene rings is 1. The topological polar surface area (TPSA) is 55.0 Å². The summed E-state index contributed by atoms with van der Waals surface area (Å²) in [5, 5.41) is 2.05. The van der Waals surface area contributed by atoms with E-state index in [1.54, 1.807) is 17.7 Å². The number of aromatic nitrogens is 2. The second kappa shape index (κ2) is 5.63. The molecule has 18 heavy (non-hydrogen) atoms. The zero-order valence-corrected chi connectivity index (χ0v) is 11.9. The number of nitrogens with zero attached hydrogens (tertiary/aromatic N) is 3. The quantitative estimate of drug-likeness (QED) is 0.901. The average molecular weight is 264 g/mol. The molecule has 0 bridgehead atoms. The minimum atomic E-state index is 0.244. The van der Waals surface area contributed by atoms with E-state index < -0.39 is 0 Å². The Morgan fingerprint density at radius 1 is 1.39 bits per heavy atom. The highest BCUT2D eigenvalue weighted by molar-refractivity contribution is 7.17. The Morgan fingerprint density at radius 2 is 2.17 bits per heavy atom. The van der Waals surface area contributed by atoms with Crippen molar-refractivity contribution in [1.82, 2.24) is 9.97 Å². The molecule has 0 saturated heterocycles. The Balaban J connectivity index is 2.09. The van der Waals surface area contributed by atoms with Gasteiger partial charge in [-0.3, -0.25) is 0 Å². The lowest BCUT2D eigenvalue weighted by Crippen LogP contribution is -2.32. The van der Waals surface area contributed by atoms with E-state index in [9.17, 15) is 0 Å². The first-order valence-electron chi connectivity index (χ1n) is 6.24. The van der Waals surface area contributed by atoms with Crippen LogP contribution in [0.5, 0.6) is 0 Å². The molecule has 0 aliphatic heterocycles. The highest BCUT2D eigenvalue weighted by Crippen LogP contribution is 2.27. The molecule has 0 fully saturated rings. The molecule has 0 aromatic carbocycles. The first-order valence-corrected chi connectivity index (χ1v) is 7.12. The summed E-state index contributed by atoms with van der Waals surface area (Å²) in [5.41, 5.74) is 7.10. The summed E-state index contributed by atoms with van der Waals surface area (Å²) in [5.74, 6) is 1.52. The predicted molar refractivity (Wildman–Crippen MR) is 78.1 cm³/mol. The first kappa shape index (κ1) is 13.2. The van der Waals surface area contributed by atoms with Crippen LogP contribution in [-0.4, -0.2) is 29.6 Å². The van der Waals surface area contributed by atoms with Gasteiger partial charge in [-0.05, 0) is 23.8 Å². The molecule has 1 unspecified atom stereocenters. The van der Waals surface area contributed by atoms with E-state index in [1.807, 2.05) is 6.07 Å². The number of nitrogens with two attached hydrogens (primary N) is 1. The van der Waals surface area contributed by atoms with Gasteiger partial charge in [0.1, 0.15) is 12.1 Å². The van der Waals surface area contributed by atoms with Crippen LogP contribution in [0.25, 0.3) is 10.2 Å². The first-order chi connectivity index (χ1) is 8.59. The average Bonchev–Trinajstić information content (AvgIpc) is 2.83. The van der Waals surface area contributed by atoms with Crippen LogP contribution in [0, 0.1) is 5.92 Å². The molecular weight excluding hydrogens is 244 g/mol. The largest absolute Gasteiger partial charge is 0.358 e. The van der Waals surface area contributed by atoms with E-state index >= 15 is 0 Å². The Morgan fingerprint density at radius 3 is 2.89 bits per heavy atom. The zero-order valence-electron chi connectivity index (χ0n) is 11.1. The Bertz CT molecular complexity index is 508. The highest BCUT2D eigenvalue weighted by Gasteiger charge is 2.12. The van der Waals surface area contributed by atoms with Crippen molar-refractivity contribution in [3.63, 3.8) is 0 Å². The van der Waals surface area contributed by atoms with Gasteiger partial charge < -0.3 is 10.6 Å². The summed E-state index contributed by atoms with van der Waals surface area (Å²) in [4.78, 5) is 10.8. The van der Waals surface area contributed by atoms with Crippen LogP contribution in [0.2, 0.25) is 0 Å². The van der Waals surface area contributed by atoms with Crippen LogP contribution in [0.15, 0.2) is 17.8 Å². The molecule has 5 heteroatoms. The van der Waals surface area contributed by atoms with E-state index in [1.165, 1.54) is 0 Å². The summed E-state index contributed by atoms with van der Waals surface area (Å²) in [6.45, 7) is 5.24. The van der Waals surface area contributed by atoms with Crippen molar-refractivity contribution in [3.8, 4) is 0 Å². The van der Waals surface area contributed by atoms with Gasteiger partial charge in [-0.2, -0.15) is 0 Å². The summed E-state index contributed by atoms with van der Waals surface area (Å²) in [6.07, 6.45) is 2.61. The van der Waals surface area contributed by atoms with E-state index in [2.05, 4.69) is 41.1 Å². The van der Waals surface area contributed by atoms with Crippen LogP contribution in [-0.2, 0) is 0 Å². The van der Waals surface area contributed by atoms with Crippen LogP contribution < -0.4 is 10.6 Å². The molecule has 0 spiro atoms. The maximum atomic E-state index is 6.08. The van der Waals surface area contributed by atoms with Crippen molar-refractivity contribution in [1.29, 1.82) is 0 Å². The SMILES string of the molecule is CC(C)C(N)CCN(C)c1ncnc2ccsc12. The Kier molecular flexibility index (Phi) is 4.14. The second-order valence-corrected chi connectivity index (χ2v) is 5.87. The fourth-order valence-electron chi connectivity index (χ4n) is 1.83. The minimum absolute atomic E-state index is 0.244. The molecule has 0 saturated carbocycles. The van der Waals surface area contributed by atoms with Gasteiger partial charge in [0.2, 0.25) is 0 Å². The fourth-order valence-corrected chi connectivity index (χ4v) is 2.72. The van der Waals surface area contributed by atoms with Crippen molar-refractivity contribution in [2.45, 2.75) is 26.3 Å². The molecule has 2 rings (SSSR count). The molecule has 2 N–H and O–H groups in total. The number of hydrogen-bond donors (Lipinski definition) is 1. The van der Waals surface area contributed by atoms with Gasteiger partial charge in [0.25, 0.3) is 0 Å². The van der Waals surface area contributed by atoms with Gasteiger partial charge in [-0.15, -0.1) is 11.3 Å². The van der Waals surface area contributed by atoms with Crippen LogP contribution in [0.1, 0.15) is 20.3 Å². The minimum Gasteiger partial charge on any atom is -0.358 e. The lowest BCUT2D eigenvalue weighted by molar-refractivity contribution is 0.466. The molecular formula is C13H20N4S. The number of hydrogen-bond acceptors (Lipinski definition) is 5. The fraction of sp³-hybridized carbons (Fsp3) is 0.538. The van der Waals surface area contributed by atoms with Gasteiger partial charge in [0.15, 0.2) is 0 Å². The van der Waals surface area contributed by atoms with E-state index in [-0.39, 0.29) is 6.04 Å². The molecule has 1 atom stereocenters. The van der Waals surface area contributed by atoms with Crippen molar-refractivity contribution in [3.05, 3.63) is 17.8 Å². The predicted octanol–water partition coefficient (Wildman–Crippen LogP) is 2.50. The highest BCUT2D eigenvalue weighted by atomic mass is 32.1. The Hall–Kier alpha value is -1.20. The zero-order chi connectivity index (χ0) is 13.1. The van der Waals surface area contributed by atoms with Crippen LogP contribution in [0.3, 0.4) is 0 Å². The molecule has 0 amide bonds. The van der Waals surface area contributed by atoms with Gasteiger partial charge in [-0.25, -0.2) is 9.97 Å². The van der Waals surface area contributed by atoms with Crippen molar-refractivity contribution >= 4 is 27.4 Å². The lowest BCUT2D eigenvalue weighted by atomic mass is 10.0. The summed E-state index contributed by atoms with van der Waals surface area (Å²) in [6, 6.07) is 2.27. The maximum absolute atomic E-state index is 6.08. The molecule has 98 valence electrons. The molecule has 2 heterocycles. The Labute approximate surface area is 112 Å². The number of anilines is 1. The van der Waals surface area contributed by atoms with Gasteiger partial charge >= 0.3 is 0 Å². The van der Waals surface area contributed by atoms with Gasteiger partial charge in [-0.1, -0.05) is 13.8 Å². The standard InChI is InChI=1S/C13H20N4S/c1-9(2)10(14)4-6-17(3)13-12-11(5-7-18-12)15-8-16-13/h5,7-10H,4,6,14H2,1-3H3. The number of fused-ring (bicyclic) bond motifs is 1. The molecule has 2 aromatic heterocycles. The number of rotatable bonds is 5. The van der Waals surface area contributed by atoms with Crippen LogP contribution in [0.4, 0.5) is 5.82 Å². The molecule has 2 aromatic rings. The third kappa shape index (κ3) is 2.79. The van der Waals surface area contributed by atoms with Crippen molar-refractivity contribution in [2.75, 3.05) is 18.5 Å². The third-order valence-corrected chi connectivity index (χ3v) is 4.14. The molecule has 4 nitrogen and oxygen atoms in total. The van der Waals surface area contributed by atoms with E-state index in [4.69, 9.17) is 5.73 Å². The summed E-state index contributed by atoms with van der Waals surface area (Å²) in [7, 11) is 2.06. The molecule has 0 radical (unpaired) electrons. The molecule has 0 aliphatic carbocycles. The third-order valence-electron chi connectivity index (χ3n) is 3.24. The summed E-state index contributed by atoms with van der Waals surface area (Å²) < 4.78 is 1.15. The maximum Gasteiger partial charge on any atom is 0.149 e. The van der Waals surface area contributed by atoms with E-state index in [0.717, 1.165) is 29.0 Å². The van der Waals surface area contributed by atoms with E-state index in [0.29, 0.717) is 5.92 Å².